The van der Waals surface area contributed by atoms with Crippen molar-refractivity contribution in [1.29, 1.82) is 0 Å². The summed E-state index contributed by atoms with van der Waals surface area (Å²) in [6.07, 6.45) is -3.73. The van der Waals surface area contributed by atoms with Crippen LogP contribution in [0.25, 0.3) is 0 Å². The largest absolute Gasteiger partial charge is 0.417 e. The Morgan fingerprint density at radius 1 is 1.50 bits per heavy atom. The summed E-state index contributed by atoms with van der Waals surface area (Å²) in [5.74, 6) is 0. The lowest BCUT2D eigenvalue weighted by molar-refractivity contribution is -0.137. The van der Waals surface area contributed by atoms with Crippen LogP contribution in [0.4, 0.5) is 13.2 Å². The Morgan fingerprint density at radius 3 is 2.50 bits per heavy atom. The van der Waals surface area contributed by atoms with Crippen molar-refractivity contribution in [2.24, 2.45) is 5.73 Å². The third-order valence-corrected chi connectivity index (χ3v) is 2.00. The van der Waals surface area contributed by atoms with Gasteiger partial charge in [0.1, 0.15) is 5.15 Å². The van der Waals surface area contributed by atoms with Crippen LogP contribution in [0.5, 0.6) is 0 Å². The molecule has 2 N–H and O–H groups in total. The van der Waals surface area contributed by atoms with Gasteiger partial charge in [-0.2, -0.15) is 13.2 Å². The number of pyridine rings is 1. The van der Waals surface area contributed by atoms with E-state index in [9.17, 15) is 13.2 Å². The summed E-state index contributed by atoms with van der Waals surface area (Å²) in [5.41, 5.74) is 4.79. The Balaban J connectivity index is 3.20. The van der Waals surface area contributed by atoms with Gasteiger partial charge in [0.25, 0.3) is 0 Å². The summed E-state index contributed by atoms with van der Waals surface area (Å²) >= 11 is 5.58. The molecule has 6 heteroatoms. The molecule has 1 aromatic rings. The summed E-state index contributed by atoms with van der Waals surface area (Å²) < 4.78 is 36.7. The number of rotatable bonds is 1. The summed E-state index contributed by atoms with van der Waals surface area (Å²) in [7, 11) is 0. The second kappa shape index (κ2) is 3.74. The maximum Gasteiger partial charge on any atom is 0.417 e. The normalized spacial score (nSPS) is 14.1. The summed E-state index contributed by atoms with van der Waals surface area (Å²) in [5, 5.41) is 0.00741. The van der Waals surface area contributed by atoms with Crippen LogP contribution in [0, 0.1) is 0 Å². The Morgan fingerprint density at radius 2 is 2.07 bits per heavy atom. The molecule has 0 saturated carbocycles. The van der Waals surface area contributed by atoms with Crippen molar-refractivity contribution in [3.63, 3.8) is 0 Å². The number of hydrogen-bond donors (Lipinski definition) is 1. The fourth-order valence-corrected chi connectivity index (χ4v) is 1.21. The van der Waals surface area contributed by atoms with Crippen molar-refractivity contribution in [2.45, 2.75) is 19.1 Å². The fraction of sp³-hybridized carbons (Fsp3) is 0.375. The molecule has 1 aromatic heterocycles. The van der Waals surface area contributed by atoms with E-state index in [0.29, 0.717) is 6.20 Å². The second-order valence-electron chi connectivity index (χ2n) is 2.89. The minimum absolute atomic E-state index is 0.00741. The van der Waals surface area contributed by atoms with Crippen molar-refractivity contribution in [3.8, 4) is 0 Å². The van der Waals surface area contributed by atoms with Crippen LogP contribution in [0.2, 0.25) is 5.15 Å². The first kappa shape index (κ1) is 11.3. The van der Waals surface area contributed by atoms with Gasteiger partial charge >= 0.3 is 6.18 Å². The van der Waals surface area contributed by atoms with E-state index in [-0.39, 0.29) is 10.7 Å². The molecular formula is C8H8ClF3N2. The number of nitrogens with two attached hydrogens (primary N) is 1. The van der Waals surface area contributed by atoms with E-state index in [2.05, 4.69) is 4.98 Å². The van der Waals surface area contributed by atoms with Gasteiger partial charge in [0.2, 0.25) is 0 Å². The highest BCUT2D eigenvalue weighted by Gasteiger charge is 2.31. The standard InChI is InChI=1S/C8H8ClF3N2/c1-4(13)6-2-5(8(10,11)12)3-14-7(6)9/h2-4H,13H2,1H3/t4-/m0/s1. The van der Waals surface area contributed by atoms with Gasteiger partial charge in [-0.1, -0.05) is 11.6 Å². The molecule has 0 aliphatic rings. The molecular weight excluding hydrogens is 217 g/mol. The zero-order chi connectivity index (χ0) is 10.9. The SMILES string of the molecule is C[C@H](N)c1cc(C(F)(F)F)cnc1Cl. The highest BCUT2D eigenvalue weighted by atomic mass is 35.5. The monoisotopic (exact) mass is 224 g/mol. The lowest BCUT2D eigenvalue weighted by Gasteiger charge is -2.11. The fourth-order valence-electron chi connectivity index (χ4n) is 0.939. The van der Waals surface area contributed by atoms with E-state index in [1.165, 1.54) is 0 Å². The number of hydrogen-bond acceptors (Lipinski definition) is 2. The Hall–Kier alpha value is -0.810. The first-order chi connectivity index (χ1) is 6.32. The van der Waals surface area contributed by atoms with Gasteiger partial charge in [-0.25, -0.2) is 4.98 Å². The molecule has 1 atom stereocenters. The first-order valence-electron chi connectivity index (χ1n) is 3.80. The molecule has 14 heavy (non-hydrogen) atoms. The third kappa shape index (κ3) is 2.36. The van der Waals surface area contributed by atoms with Crippen LogP contribution < -0.4 is 5.73 Å². The van der Waals surface area contributed by atoms with Crippen LogP contribution in [0.3, 0.4) is 0 Å². The average molecular weight is 225 g/mol. The van der Waals surface area contributed by atoms with E-state index in [0.717, 1.165) is 6.07 Å². The van der Waals surface area contributed by atoms with Gasteiger partial charge in [0.15, 0.2) is 0 Å². The van der Waals surface area contributed by atoms with Gasteiger partial charge in [0.05, 0.1) is 5.56 Å². The minimum Gasteiger partial charge on any atom is -0.324 e. The lowest BCUT2D eigenvalue weighted by atomic mass is 10.1. The number of halogens is 4. The molecule has 0 radical (unpaired) electrons. The van der Waals surface area contributed by atoms with Crippen LogP contribution in [-0.2, 0) is 6.18 Å². The number of aromatic nitrogens is 1. The summed E-state index contributed by atoms with van der Waals surface area (Å²) in [4.78, 5) is 3.43. The lowest BCUT2D eigenvalue weighted by Crippen LogP contribution is -2.11. The van der Waals surface area contributed by atoms with Gasteiger partial charge in [-0.3, -0.25) is 0 Å². The average Bonchev–Trinajstić information content (AvgIpc) is 2.02. The van der Waals surface area contributed by atoms with E-state index in [1.807, 2.05) is 0 Å². The first-order valence-corrected chi connectivity index (χ1v) is 4.18. The van der Waals surface area contributed by atoms with E-state index in [4.69, 9.17) is 17.3 Å². The van der Waals surface area contributed by atoms with Gasteiger partial charge in [-0.15, -0.1) is 0 Å². The predicted octanol–water partition coefficient (Wildman–Crippen LogP) is 2.77. The zero-order valence-electron chi connectivity index (χ0n) is 7.27. The van der Waals surface area contributed by atoms with Crippen LogP contribution in [0.15, 0.2) is 12.3 Å². The van der Waals surface area contributed by atoms with Crippen molar-refractivity contribution in [2.75, 3.05) is 0 Å². The van der Waals surface area contributed by atoms with E-state index >= 15 is 0 Å². The van der Waals surface area contributed by atoms with Crippen LogP contribution in [-0.4, -0.2) is 4.98 Å². The zero-order valence-corrected chi connectivity index (χ0v) is 8.02. The van der Waals surface area contributed by atoms with Crippen molar-refractivity contribution in [3.05, 3.63) is 28.5 Å². The molecule has 0 spiro atoms. The quantitative estimate of drug-likeness (QED) is 0.745. The molecule has 1 rings (SSSR count). The molecule has 0 bridgehead atoms. The molecule has 0 aliphatic carbocycles. The molecule has 0 aromatic carbocycles. The molecule has 0 amide bonds. The topological polar surface area (TPSA) is 38.9 Å². The Bertz CT molecular complexity index is 336. The third-order valence-electron chi connectivity index (χ3n) is 1.68. The maximum atomic E-state index is 12.2. The van der Waals surface area contributed by atoms with Crippen molar-refractivity contribution < 1.29 is 13.2 Å². The van der Waals surface area contributed by atoms with Crippen molar-refractivity contribution in [1.82, 2.24) is 4.98 Å². The van der Waals surface area contributed by atoms with E-state index < -0.39 is 17.8 Å². The predicted molar refractivity (Wildman–Crippen MR) is 46.9 cm³/mol. The van der Waals surface area contributed by atoms with Crippen LogP contribution >= 0.6 is 11.6 Å². The maximum absolute atomic E-state index is 12.2. The smallest absolute Gasteiger partial charge is 0.324 e. The summed E-state index contributed by atoms with van der Waals surface area (Å²) in [6, 6.07) is 0.345. The van der Waals surface area contributed by atoms with Gasteiger partial charge in [0, 0.05) is 17.8 Å². The van der Waals surface area contributed by atoms with Gasteiger partial charge < -0.3 is 5.73 Å². The number of nitrogens with zero attached hydrogens (tertiary/aromatic N) is 1. The van der Waals surface area contributed by atoms with Gasteiger partial charge in [-0.05, 0) is 13.0 Å². The molecule has 78 valence electrons. The highest BCUT2D eigenvalue weighted by Crippen LogP contribution is 2.31. The molecule has 0 fully saturated rings. The number of alkyl halides is 3. The van der Waals surface area contributed by atoms with Crippen molar-refractivity contribution >= 4 is 11.6 Å². The Kier molecular flexibility index (Phi) is 3.01. The summed E-state index contributed by atoms with van der Waals surface area (Å²) in [6.45, 7) is 1.54. The second-order valence-corrected chi connectivity index (χ2v) is 3.25. The Labute approximate surface area is 83.9 Å². The minimum atomic E-state index is -4.42. The van der Waals surface area contributed by atoms with Crippen LogP contribution in [0.1, 0.15) is 24.1 Å². The van der Waals surface area contributed by atoms with E-state index in [1.54, 1.807) is 6.92 Å². The molecule has 0 aliphatic heterocycles. The molecule has 0 saturated heterocycles. The molecule has 1 heterocycles. The molecule has 2 nitrogen and oxygen atoms in total. The molecule has 0 unspecified atom stereocenters. The highest BCUT2D eigenvalue weighted by molar-refractivity contribution is 6.30.